The van der Waals surface area contributed by atoms with Gasteiger partial charge in [0.15, 0.2) is 5.89 Å². The molecule has 2 heterocycles. The van der Waals surface area contributed by atoms with E-state index in [9.17, 15) is 4.79 Å². The predicted octanol–water partition coefficient (Wildman–Crippen LogP) is 3.61. The fourth-order valence-corrected chi connectivity index (χ4v) is 2.91. The number of amides is 1. The number of aromatic nitrogens is 1. The average Bonchev–Trinajstić information content (AvgIpc) is 2.80. The van der Waals surface area contributed by atoms with Gasteiger partial charge >= 0.3 is 0 Å². The standard InChI is InChI=1S/C17H28N2O2/c1-6-13-9-7-8-10-19(13)15(20)11-14-12(2)18-16(21-14)17(3,4)5/h13H,6-11H2,1-5H3. The van der Waals surface area contributed by atoms with Crippen molar-refractivity contribution in [3.8, 4) is 0 Å². The van der Waals surface area contributed by atoms with Crippen LogP contribution in [0.2, 0.25) is 0 Å². The van der Waals surface area contributed by atoms with E-state index in [4.69, 9.17) is 4.42 Å². The van der Waals surface area contributed by atoms with Crippen LogP contribution in [0.15, 0.2) is 4.42 Å². The molecule has 1 aromatic heterocycles. The highest BCUT2D eigenvalue weighted by Crippen LogP contribution is 2.25. The third-order valence-electron chi connectivity index (χ3n) is 4.26. The molecule has 0 bridgehead atoms. The minimum Gasteiger partial charge on any atom is -0.444 e. The monoisotopic (exact) mass is 292 g/mol. The van der Waals surface area contributed by atoms with E-state index in [-0.39, 0.29) is 11.3 Å². The molecule has 0 radical (unpaired) electrons. The highest BCUT2D eigenvalue weighted by Gasteiger charge is 2.28. The second-order valence-corrected chi connectivity index (χ2v) is 7.10. The Labute approximate surface area is 127 Å². The van der Waals surface area contributed by atoms with Crippen molar-refractivity contribution in [1.29, 1.82) is 0 Å². The Morgan fingerprint density at radius 3 is 2.67 bits per heavy atom. The molecule has 0 saturated carbocycles. The first-order valence-electron chi connectivity index (χ1n) is 8.09. The van der Waals surface area contributed by atoms with Crippen LogP contribution in [0.5, 0.6) is 0 Å². The molecule has 21 heavy (non-hydrogen) atoms. The summed E-state index contributed by atoms with van der Waals surface area (Å²) in [4.78, 5) is 19.1. The number of likely N-dealkylation sites (tertiary alicyclic amines) is 1. The minimum absolute atomic E-state index is 0.122. The average molecular weight is 292 g/mol. The smallest absolute Gasteiger partial charge is 0.230 e. The van der Waals surface area contributed by atoms with Crippen molar-refractivity contribution in [1.82, 2.24) is 9.88 Å². The molecule has 1 aliphatic rings. The van der Waals surface area contributed by atoms with E-state index >= 15 is 0 Å². The maximum absolute atomic E-state index is 12.6. The lowest BCUT2D eigenvalue weighted by Gasteiger charge is -2.35. The second-order valence-electron chi connectivity index (χ2n) is 7.10. The molecule has 118 valence electrons. The molecule has 2 rings (SSSR count). The Balaban J connectivity index is 2.10. The van der Waals surface area contributed by atoms with Crippen LogP contribution in [0.25, 0.3) is 0 Å². The van der Waals surface area contributed by atoms with Gasteiger partial charge in [-0.15, -0.1) is 0 Å². The number of nitrogens with zero attached hydrogens (tertiary/aromatic N) is 2. The van der Waals surface area contributed by atoms with E-state index in [1.807, 2.05) is 11.8 Å². The van der Waals surface area contributed by atoms with Crippen molar-refractivity contribution in [3.05, 3.63) is 17.3 Å². The number of oxazole rings is 1. The molecule has 0 spiro atoms. The maximum atomic E-state index is 12.6. The first-order valence-corrected chi connectivity index (χ1v) is 8.09. The van der Waals surface area contributed by atoms with Gasteiger partial charge in [0.1, 0.15) is 5.76 Å². The lowest BCUT2D eigenvalue weighted by atomic mass is 9.97. The largest absolute Gasteiger partial charge is 0.444 e. The summed E-state index contributed by atoms with van der Waals surface area (Å²) < 4.78 is 5.85. The van der Waals surface area contributed by atoms with Gasteiger partial charge in [0.05, 0.1) is 12.1 Å². The van der Waals surface area contributed by atoms with Gasteiger partial charge in [0.25, 0.3) is 0 Å². The molecular weight excluding hydrogens is 264 g/mol. The number of rotatable bonds is 3. The van der Waals surface area contributed by atoms with E-state index in [0.29, 0.717) is 18.4 Å². The summed E-state index contributed by atoms with van der Waals surface area (Å²) in [6.07, 6.45) is 4.85. The van der Waals surface area contributed by atoms with Crippen LogP contribution in [0.1, 0.15) is 70.7 Å². The van der Waals surface area contributed by atoms with E-state index in [2.05, 4.69) is 32.7 Å². The Hall–Kier alpha value is -1.32. The van der Waals surface area contributed by atoms with Gasteiger partial charge in [-0.3, -0.25) is 4.79 Å². The SMILES string of the molecule is CCC1CCCCN1C(=O)Cc1oc(C(C)(C)C)nc1C. The van der Waals surface area contributed by atoms with Gasteiger partial charge in [0, 0.05) is 18.0 Å². The van der Waals surface area contributed by atoms with Crippen LogP contribution < -0.4 is 0 Å². The van der Waals surface area contributed by atoms with Crippen LogP contribution in [-0.4, -0.2) is 28.4 Å². The fraction of sp³-hybridized carbons (Fsp3) is 0.765. The van der Waals surface area contributed by atoms with Gasteiger partial charge in [-0.1, -0.05) is 27.7 Å². The van der Waals surface area contributed by atoms with Gasteiger partial charge in [0.2, 0.25) is 5.91 Å². The van der Waals surface area contributed by atoms with E-state index in [1.165, 1.54) is 6.42 Å². The van der Waals surface area contributed by atoms with Gasteiger partial charge in [-0.05, 0) is 32.6 Å². The van der Waals surface area contributed by atoms with Crippen molar-refractivity contribution in [3.63, 3.8) is 0 Å². The Morgan fingerprint density at radius 1 is 1.38 bits per heavy atom. The maximum Gasteiger partial charge on any atom is 0.230 e. The van der Waals surface area contributed by atoms with E-state index < -0.39 is 0 Å². The Kier molecular flexibility index (Phi) is 4.74. The number of carbonyl (C=O) groups is 1. The number of piperidine rings is 1. The number of hydrogen-bond donors (Lipinski definition) is 0. The normalized spacial score (nSPS) is 19.9. The van der Waals surface area contributed by atoms with Crippen molar-refractivity contribution in [2.24, 2.45) is 0 Å². The van der Waals surface area contributed by atoms with Crippen LogP contribution in [-0.2, 0) is 16.6 Å². The van der Waals surface area contributed by atoms with Crippen LogP contribution in [0.4, 0.5) is 0 Å². The zero-order valence-electron chi connectivity index (χ0n) is 14.0. The fourth-order valence-electron chi connectivity index (χ4n) is 2.91. The van der Waals surface area contributed by atoms with Crippen LogP contribution in [0, 0.1) is 6.92 Å². The van der Waals surface area contributed by atoms with Crippen molar-refractivity contribution < 1.29 is 9.21 Å². The van der Waals surface area contributed by atoms with Crippen molar-refractivity contribution in [2.75, 3.05) is 6.54 Å². The summed E-state index contributed by atoms with van der Waals surface area (Å²) in [5.74, 6) is 1.63. The molecule has 1 saturated heterocycles. The molecule has 1 fully saturated rings. The number of carbonyl (C=O) groups excluding carboxylic acids is 1. The highest BCUT2D eigenvalue weighted by molar-refractivity contribution is 5.78. The quantitative estimate of drug-likeness (QED) is 0.855. The summed E-state index contributed by atoms with van der Waals surface area (Å²) >= 11 is 0. The first-order chi connectivity index (χ1) is 9.82. The molecule has 1 aliphatic heterocycles. The third-order valence-corrected chi connectivity index (χ3v) is 4.26. The number of hydrogen-bond acceptors (Lipinski definition) is 3. The van der Waals surface area contributed by atoms with Gasteiger partial charge in [-0.2, -0.15) is 0 Å². The van der Waals surface area contributed by atoms with Crippen molar-refractivity contribution >= 4 is 5.91 Å². The molecule has 0 N–H and O–H groups in total. The Bertz CT molecular complexity index is 499. The van der Waals surface area contributed by atoms with E-state index in [0.717, 1.165) is 37.3 Å². The summed E-state index contributed by atoms with van der Waals surface area (Å²) in [6, 6.07) is 0.400. The molecule has 4 heteroatoms. The number of aryl methyl sites for hydroxylation is 1. The lowest BCUT2D eigenvalue weighted by molar-refractivity contribution is -0.134. The first kappa shape index (κ1) is 16.1. The molecule has 1 unspecified atom stereocenters. The summed E-state index contributed by atoms with van der Waals surface area (Å²) in [5.41, 5.74) is 0.724. The van der Waals surface area contributed by atoms with Crippen LogP contribution in [0.3, 0.4) is 0 Å². The highest BCUT2D eigenvalue weighted by atomic mass is 16.4. The second kappa shape index (κ2) is 6.20. The van der Waals surface area contributed by atoms with Gasteiger partial charge < -0.3 is 9.32 Å². The zero-order valence-corrected chi connectivity index (χ0v) is 14.0. The molecule has 0 aliphatic carbocycles. The summed E-state index contributed by atoms with van der Waals surface area (Å²) in [6.45, 7) is 11.2. The molecular formula is C17H28N2O2. The topological polar surface area (TPSA) is 46.3 Å². The summed E-state index contributed by atoms with van der Waals surface area (Å²) in [5, 5.41) is 0. The summed E-state index contributed by atoms with van der Waals surface area (Å²) in [7, 11) is 0. The Morgan fingerprint density at radius 2 is 2.10 bits per heavy atom. The van der Waals surface area contributed by atoms with E-state index in [1.54, 1.807) is 0 Å². The molecule has 1 amide bonds. The molecule has 1 aromatic rings. The minimum atomic E-state index is -0.122. The predicted molar refractivity (Wildman–Crippen MR) is 83.3 cm³/mol. The lowest BCUT2D eigenvalue weighted by Crippen LogP contribution is -2.44. The van der Waals surface area contributed by atoms with Crippen LogP contribution >= 0.6 is 0 Å². The van der Waals surface area contributed by atoms with Gasteiger partial charge in [-0.25, -0.2) is 4.98 Å². The van der Waals surface area contributed by atoms with Crippen molar-refractivity contribution in [2.45, 2.75) is 78.2 Å². The molecule has 0 aromatic carbocycles. The molecule has 1 atom stereocenters. The molecule has 4 nitrogen and oxygen atoms in total. The zero-order chi connectivity index (χ0) is 15.6. The third kappa shape index (κ3) is 3.66.